The number of urea groups is 1. The molecule has 1 aliphatic rings. The van der Waals surface area contributed by atoms with Crippen molar-refractivity contribution in [1.82, 2.24) is 10.6 Å². The number of nitrogens with one attached hydrogen (secondary N) is 2. The zero-order valence-electron chi connectivity index (χ0n) is 14.8. The van der Waals surface area contributed by atoms with Crippen LogP contribution in [-0.4, -0.2) is 32.0 Å². The van der Waals surface area contributed by atoms with Crippen LogP contribution >= 0.6 is 0 Å². The predicted octanol–water partition coefficient (Wildman–Crippen LogP) is 2.36. The first-order valence-corrected chi connectivity index (χ1v) is 8.19. The van der Waals surface area contributed by atoms with Gasteiger partial charge in [0.25, 0.3) is 0 Å². The summed E-state index contributed by atoms with van der Waals surface area (Å²) in [5.74, 6) is -0.625. The Hall–Kier alpha value is -3.61. The third-order valence-corrected chi connectivity index (χ3v) is 4.17. The van der Waals surface area contributed by atoms with E-state index in [1.165, 1.54) is 14.2 Å². The maximum atomic E-state index is 13.2. The molecular formula is C20H18N2O5. The van der Waals surface area contributed by atoms with Gasteiger partial charge in [-0.1, -0.05) is 42.5 Å². The number of methoxy groups -OCH3 is 2. The van der Waals surface area contributed by atoms with E-state index >= 15 is 0 Å². The minimum absolute atomic E-state index is 0.0981. The third kappa shape index (κ3) is 3.67. The minimum Gasteiger partial charge on any atom is -0.497 e. The molecule has 0 aromatic heterocycles. The average Bonchev–Trinajstić information content (AvgIpc) is 2.72. The molecule has 1 atom stereocenters. The molecule has 7 nitrogen and oxygen atoms in total. The van der Waals surface area contributed by atoms with E-state index in [2.05, 4.69) is 10.6 Å². The highest BCUT2D eigenvalue weighted by molar-refractivity contribution is 6.15. The minimum atomic E-state index is -0.837. The Morgan fingerprint density at radius 3 is 2.41 bits per heavy atom. The largest absolute Gasteiger partial charge is 0.497 e. The maximum Gasteiger partial charge on any atom is 0.355 e. The van der Waals surface area contributed by atoms with E-state index in [0.717, 1.165) is 0 Å². The van der Waals surface area contributed by atoms with E-state index in [1.54, 1.807) is 54.6 Å². The molecule has 0 fully saturated rings. The Kier molecular flexibility index (Phi) is 5.21. The lowest BCUT2D eigenvalue weighted by Gasteiger charge is -2.29. The predicted molar refractivity (Wildman–Crippen MR) is 97.2 cm³/mol. The number of carbonyl (C=O) groups excluding carboxylic acids is 3. The van der Waals surface area contributed by atoms with Crippen molar-refractivity contribution in [3.05, 3.63) is 77.0 Å². The standard InChI is InChI=1S/C20H18N2O5/c1-26-14-10-6-9-13(11-14)16-15(18(23)12-7-4-3-5-8-12)17(19(24)27-2)22-20(25)21-16/h3-11,16H,1-2H3,(H2,21,22,25)/t16-/m1/s1. The number of esters is 1. The van der Waals surface area contributed by atoms with Gasteiger partial charge in [-0.3, -0.25) is 4.79 Å². The SMILES string of the molecule is COC(=O)C1=C(C(=O)c2ccccc2)[C@@H](c2cccc(OC)c2)NC(=O)N1. The van der Waals surface area contributed by atoms with Gasteiger partial charge < -0.3 is 20.1 Å². The number of benzene rings is 2. The number of hydrogen-bond donors (Lipinski definition) is 2. The van der Waals surface area contributed by atoms with Gasteiger partial charge in [0.2, 0.25) is 0 Å². The van der Waals surface area contributed by atoms with Crippen LogP contribution in [0.1, 0.15) is 22.0 Å². The molecule has 0 bridgehead atoms. The van der Waals surface area contributed by atoms with Crippen molar-refractivity contribution < 1.29 is 23.9 Å². The maximum absolute atomic E-state index is 13.2. The Morgan fingerprint density at radius 1 is 1.00 bits per heavy atom. The second kappa shape index (κ2) is 7.74. The molecule has 0 saturated carbocycles. The van der Waals surface area contributed by atoms with Crippen LogP contribution in [0.3, 0.4) is 0 Å². The normalized spacial score (nSPS) is 16.2. The molecule has 1 aliphatic heterocycles. The summed E-state index contributed by atoms with van der Waals surface area (Å²) >= 11 is 0. The highest BCUT2D eigenvalue weighted by Crippen LogP contribution is 2.31. The Labute approximate surface area is 156 Å². The van der Waals surface area contributed by atoms with Gasteiger partial charge in [-0.25, -0.2) is 9.59 Å². The fourth-order valence-electron chi connectivity index (χ4n) is 2.89. The van der Waals surface area contributed by atoms with Crippen LogP contribution in [0.25, 0.3) is 0 Å². The molecule has 2 aromatic rings. The monoisotopic (exact) mass is 366 g/mol. The molecule has 0 unspecified atom stereocenters. The second-order valence-corrected chi connectivity index (χ2v) is 5.78. The van der Waals surface area contributed by atoms with Crippen LogP contribution < -0.4 is 15.4 Å². The molecule has 138 valence electrons. The van der Waals surface area contributed by atoms with Gasteiger partial charge >= 0.3 is 12.0 Å². The van der Waals surface area contributed by atoms with Gasteiger partial charge in [0, 0.05) is 5.56 Å². The first kappa shape index (κ1) is 18.2. The van der Waals surface area contributed by atoms with Crippen LogP contribution in [0.5, 0.6) is 5.75 Å². The summed E-state index contributed by atoms with van der Waals surface area (Å²) in [4.78, 5) is 37.6. The van der Waals surface area contributed by atoms with Gasteiger partial charge in [-0.15, -0.1) is 0 Å². The van der Waals surface area contributed by atoms with Crippen molar-refractivity contribution >= 4 is 17.8 Å². The van der Waals surface area contributed by atoms with Crippen molar-refractivity contribution in [2.75, 3.05) is 14.2 Å². The highest BCUT2D eigenvalue weighted by atomic mass is 16.5. The molecule has 27 heavy (non-hydrogen) atoms. The van der Waals surface area contributed by atoms with Crippen molar-refractivity contribution in [2.45, 2.75) is 6.04 Å². The van der Waals surface area contributed by atoms with Gasteiger partial charge in [0.05, 0.1) is 25.8 Å². The van der Waals surface area contributed by atoms with Crippen LogP contribution in [0.2, 0.25) is 0 Å². The number of ether oxygens (including phenoxy) is 2. The molecule has 0 saturated heterocycles. The van der Waals surface area contributed by atoms with Crippen LogP contribution in [-0.2, 0) is 9.53 Å². The molecule has 1 heterocycles. The summed E-state index contributed by atoms with van der Waals surface area (Å²) in [6.45, 7) is 0. The Morgan fingerprint density at radius 2 is 1.74 bits per heavy atom. The number of carbonyl (C=O) groups is 3. The van der Waals surface area contributed by atoms with E-state index in [1.807, 2.05) is 0 Å². The van der Waals surface area contributed by atoms with E-state index in [9.17, 15) is 14.4 Å². The van der Waals surface area contributed by atoms with Gasteiger partial charge in [-0.05, 0) is 17.7 Å². The van der Waals surface area contributed by atoms with E-state index in [4.69, 9.17) is 9.47 Å². The molecule has 3 rings (SSSR count). The third-order valence-electron chi connectivity index (χ3n) is 4.17. The summed E-state index contributed by atoms with van der Waals surface area (Å²) in [5.41, 5.74) is 0.911. The average molecular weight is 366 g/mol. The van der Waals surface area contributed by atoms with Crippen LogP contribution in [0.4, 0.5) is 4.79 Å². The van der Waals surface area contributed by atoms with Crippen molar-refractivity contribution in [3.8, 4) is 5.75 Å². The molecule has 0 radical (unpaired) electrons. The highest BCUT2D eigenvalue weighted by Gasteiger charge is 2.36. The first-order valence-electron chi connectivity index (χ1n) is 8.19. The van der Waals surface area contributed by atoms with E-state index < -0.39 is 23.8 Å². The van der Waals surface area contributed by atoms with Crippen LogP contribution in [0.15, 0.2) is 65.9 Å². The molecule has 7 heteroatoms. The zero-order chi connectivity index (χ0) is 19.4. The molecule has 2 amide bonds. The first-order chi connectivity index (χ1) is 13.0. The number of amides is 2. The zero-order valence-corrected chi connectivity index (χ0v) is 14.8. The molecule has 2 N–H and O–H groups in total. The lowest BCUT2D eigenvalue weighted by Crippen LogP contribution is -2.47. The Balaban J connectivity index is 2.18. The summed E-state index contributed by atoms with van der Waals surface area (Å²) in [5, 5.41) is 5.10. The summed E-state index contributed by atoms with van der Waals surface area (Å²) < 4.78 is 9.99. The van der Waals surface area contributed by atoms with Crippen LogP contribution in [0, 0.1) is 0 Å². The lowest BCUT2D eigenvalue weighted by atomic mass is 9.89. The number of ketones is 1. The second-order valence-electron chi connectivity index (χ2n) is 5.78. The summed E-state index contributed by atoms with van der Waals surface area (Å²) in [6.07, 6.45) is 0. The lowest BCUT2D eigenvalue weighted by molar-refractivity contribution is -0.136. The molecule has 2 aromatic carbocycles. The van der Waals surface area contributed by atoms with E-state index in [0.29, 0.717) is 16.9 Å². The Bertz CT molecular complexity index is 921. The quantitative estimate of drug-likeness (QED) is 0.626. The fourth-order valence-corrected chi connectivity index (χ4v) is 2.89. The molecular weight excluding hydrogens is 348 g/mol. The van der Waals surface area contributed by atoms with Crippen molar-refractivity contribution in [1.29, 1.82) is 0 Å². The molecule has 0 spiro atoms. The van der Waals surface area contributed by atoms with Gasteiger partial charge in [-0.2, -0.15) is 0 Å². The topological polar surface area (TPSA) is 93.7 Å². The van der Waals surface area contributed by atoms with Gasteiger partial charge in [0.1, 0.15) is 11.4 Å². The summed E-state index contributed by atoms with van der Waals surface area (Å²) in [6, 6.07) is 14.0. The smallest absolute Gasteiger partial charge is 0.355 e. The van der Waals surface area contributed by atoms with Crippen molar-refractivity contribution in [3.63, 3.8) is 0 Å². The number of Topliss-reactive ketones (excluding diaryl/α,β-unsaturated/α-hetero) is 1. The number of hydrogen-bond acceptors (Lipinski definition) is 5. The fraction of sp³-hybridized carbons (Fsp3) is 0.150. The molecule has 0 aliphatic carbocycles. The summed E-state index contributed by atoms with van der Waals surface area (Å²) in [7, 11) is 2.71. The van der Waals surface area contributed by atoms with E-state index in [-0.39, 0.29) is 11.3 Å². The van der Waals surface area contributed by atoms with Crippen molar-refractivity contribution in [2.24, 2.45) is 0 Å². The van der Waals surface area contributed by atoms with Gasteiger partial charge in [0.15, 0.2) is 5.78 Å². The number of rotatable bonds is 5.